The molecule has 0 aliphatic carbocycles. The van der Waals surface area contributed by atoms with Gasteiger partial charge in [0.15, 0.2) is 0 Å². The molecule has 4 aromatic rings. The molecular weight excluding hydrogens is 549 g/mol. The van der Waals surface area contributed by atoms with Crippen molar-refractivity contribution < 1.29 is 18.6 Å². The molecule has 0 aliphatic heterocycles. The lowest BCUT2D eigenvalue weighted by atomic mass is 10.1. The number of nitrogens with one attached hydrogen (secondary N) is 3. The number of halogens is 2. The highest BCUT2D eigenvalue weighted by Crippen LogP contribution is 2.23. The number of amides is 3. The van der Waals surface area contributed by atoms with Crippen LogP contribution in [0.4, 0.5) is 11.5 Å². The van der Waals surface area contributed by atoms with E-state index in [1.165, 1.54) is 79.3 Å². The first-order chi connectivity index (χ1) is 18.1. The van der Waals surface area contributed by atoms with Gasteiger partial charge < -0.3 is 10.6 Å². The van der Waals surface area contributed by atoms with Crippen LogP contribution in [0.25, 0.3) is 0 Å². The molecule has 4 rings (SSSR count). The normalized spacial score (nSPS) is 12.2. The molecule has 0 aliphatic rings. The first-order valence-corrected chi connectivity index (χ1v) is 13.3. The summed E-state index contributed by atoms with van der Waals surface area (Å²) in [4.78, 5) is 46.3. The topological polar surface area (TPSA) is 130 Å². The predicted octanol–water partition coefficient (Wildman–Crippen LogP) is 4.71. The first kappa shape index (κ1) is 26.8. The average Bonchev–Trinajstić information content (AvgIpc) is 2.91. The second-order valence-electron chi connectivity index (χ2n) is 7.83. The van der Waals surface area contributed by atoms with E-state index in [0.717, 1.165) is 0 Å². The Hall–Kier alpha value is -4.25. The summed E-state index contributed by atoms with van der Waals surface area (Å²) in [6.07, 6.45) is 4.27. The van der Waals surface area contributed by atoms with Crippen molar-refractivity contribution >= 4 is 68.0 Å². The molecule has 192 valence electrons. The van der Waals surface area contributed by atoms with Crippen LogP contribution in [0.1, 0.15) is 31.1 Å². The zero-order valence-corrected chi connectivity index (χ0v) is 21.8. The summed E-state index contributed by atoms with van der Waals surface area (Å²) in [6.45, 7) is 0. The maximum atomic E-state index is 13.0. The van der Waals surface area contributed by atoms with Gasteiger partial charge in [0, 0.05) is 39.6 Å². The van der Waals surface area contributed by atoms with Gasteiger partial charge in [-0.05, 0) is 72.6 Å². The number of rotatable bonds is 7. The molecule has 12 heteroatoms. The van der Waals surface area contributed by atoms with Gasteiger partial charge in [-0.2, -0.15) is 0 Å². The van der Waals surface area contributed by atoms with Crippen molar-refractivity contribution in [2.24, 2.45) is 0 Å². The van der Waals surface area contributed by atoms with E-state index >= 15 is 0 Å². The summed E-state index contributed by atoms with van der Waals surface area (Å²) < 4.78 is 15.4. The second-order valence-corrected chi connectivity index (χ2v) is 10.7. The predicted molar refractivity (Wildman–Crippen MR) is 148 cm³/mol. The van der Waals surface area contributed by atoms with E-state index < -0.39 is 27.4 Å². The Kier molecular flexibility index (Phi) is 8.06. The van der Waals surface area contributed by atoms with E-state index in [4.69, 9.17) is 23.2 Å². The minimum Gasteiger partial charge on any atom is -0.321 e. The number of pyridine rings is 2. The van der Waals surface area contributed by atoms with Crippen LogP contribution < -0.4 is 15.4 Å². The number of anilines is 2. The van der Waals surface area contributed by atoms with Crippen molar-refractivity contribution in [2.45, 2.75) is 4.90 Å². The number of carbonyl (C=O) groups excluding carboxylic acids is 3. The van der Waals surface area contributed by atoms with Gasteiger partial charge in [0.1, 0.15) is 5.82 Å². The summed E-state index contributed by atoms with van der Waals surface area (Å²) in [6, 6.07) is 16.2. The number of aromatic nitrogens is 2. The standard InChI is InChI=1S/C26H19Cl2N5O4S/c1-38(37,33-25(35)17-10-12-29-13-11-17)20-6-2-16(3-7-20)24(34)31-22-8-4-18(27)14-21(22)26(36)32-23-9-5-19(28)15-30-23/h2-15H,1H2,(H,31,34)(H,30,32,36)(H,33,35,37). The molecule has 0 fully saturated rings. The minimum atomic E-state index is -3.20. The lowest BCUT2D eigenvalue weighted by Crippen LogP contribution is -2.30. The van der Waals surface area contributed by atoms with Crippen molar-refractivity contribution in [2.75, 3.05) is 10.6 Å². The van der Waals surface area contributed by atoms with Crippen LogP contribution in [0, 0.1) is 0 Å². The molecule has 9 nitrogen and oxygen atoms in total. The molecule has 2 aromatic heterocycles. The molecule has 0 bridgehead atoms. The Morgan fingerprint density at radius 3 is 2.08 bits per heavy atom. The SMILES string of the molecule is C=S(=O)(NC(=O)c1ccncc1)c1ccc(C(=O)Nc2ccc(Cl)cc2C(=O)Nc2ccc(Cl)cn2)cc1. The Balaban J connectivity index is 1.48. The zero-order chi connectivity index (χ0) is 27.3. The van der Waals surface area contributed by atoms with E-state index in [-0.39, 0.29) is 33.1 Å². The summed E-state index contributed by atoms with van der Waals surface area (Å²) in [7, 11) is -3.20. The zero-order valence-electron chi connectivity index (χ0n) is 19.5. The molecule has 0 spiro atoms. The third-order valence-corrected chi connectivity index (χ3v) is 7.15. The third kappa shape index (κ3) is 6.54. The van der Waals surface area contributed by atoms with Crippen LogP contribution in [-0.4, -0.2) is 37.8 Å². The summed E-state index contributed by atoms with van der Waals surface area (Å²) in [5.41, 5.74) is 0.812. The van der Waals surface area contributed by atoms with Gasteiger partial charge in [-0.25, -0.2) is 9.19 Å². The van der Waals surface area contributed by atoms with Crippen LogP contribution in [0.3, 0.4) is 0 Å². The molecule has 0 radical (unpaired) electrons. The molecule has 1 atom stereocenters. The molecule has 0 saturated heterocycles. The Bertz CT molecular complexity index is 1610. The van der Waals surface area contributed by atoms with Crippen molar-refractivity contribution in [3.63, 3.8) is 0 Å². The molecule has 3 amide bonds. The van der Waals surface area contributed by atoms with Crippen molar-refractivity contribution in [3.8, 4) is 0 Å². The van der Waals surface area contributed by atoms with Gasteiger partial charge in [-0.3, -0.25) is 24.1 Å². The van der Waals surface area contributed by atoms with E-state index in [2.05, 4.69) is 31.2 Å². The van der Waals surface area contributed by atoms with E-state index in [0.29, 0.717) is 10.0 Å². The van der Waals surface area contributed by atoms with Gasteiger partial charge in [0.25, 0.3) is 17.7 Å². The van der Waals surface area contributed by atoms with E-state index in [1.54, 1.807) is 6.07 Å². The lowest BCUT2D eigenvalue weighted by molar-refractivity contribution is 0.0979. The number of carbonyl (C=O) groups is 3. The number of hydrogen-bond acceptors (Lipinski definition) is 6. The van der Waals surface area contributed by atoms with Crippen LogP contribution in [0.5, 0.6) is 0 Å². The fraction of sp³-hybridized carbons (Fsp3) is 0. The Labute approximate surface area is 228 Å². The Morgan fingerprint density at radius 1 is 0.763 bits per heavy atom. The molecule has 2 heterocycles. The van der Waals surface area contributed by atoms with Crippen molar-refractivity contribution in [1.29, 1.82) is 0 Å². The third-order valence-electron chi connectivity index (χ3n) is 5.14. The summed E-state index contributed by atoms with van der Waals surface area (Å²) in [5, 5.41) is 6.01. The molecule has 0 saturated carbocycles. The van der Waals surface area contributed by atoms with E-state index in [1.807, 2.05) is 0 Å². The van der Waals surface area contributed by atoms with Gasteiger partial charge >= 0.3 is 0 Å². The molecule has 38 heavy (non-hydrogen) atoms. The minimum absolute atomic E-state index is 0.110. The maximum Gasteiger partial charge on any atom is 0.262 e. The monoisotopic (exact) mass is 567 g/mol. The van der Waals surface area contributed by atoms with Gasteiger partial charge in [0.2, 0.25) is 0 Å². The van der Waals surface area contributed by atoms with Gasteiger partial charge in [0.05, 0.1) is 26.0 Å². The number of nitrogens with zero attached hydrogens (tertiary/aromatic N) is 2. The fourth-order valence-corrected chi connectivity index (χ4v) is 4.63. The van der Waals surface area contributed by atoms with Crippen LogP contribution in [-0.2, 0) is 9.71 Å². The number of benzene rings is 2. The van der Waals surface area contributed by atoms with Crippen LogP contribution in [0.2, 0.25) is 10.0 Å². The lowest BCUT2D eigenvalue weighted by Gasteiger charge is -2.14. The average molecular weight is 568 g/mol. The Morgan fingerprint density at radius 2 is 1.42 bits per heavy atom. The molecular formula is C26H19Cl2N5O4S. The van der Waals surface area contributed by atoms with Gasteiger partial charge in [-0.1, -0.05) is 23.2 Å². The van der Waals surface area contributed by atoms with Crippen LogP contribution in [0.15, 0.2) is 90.2 Å². The summed E-state index contributed by atoms with van der Waals surface area (Å²) in [5.74, 6) is 2.25. The second kappa shape index (κ2) is 11.4. The largest absolute Gasteiger partial charge is 0.321 e. The summed E-state index contributed by atoms with van der Waals surface area (Å²) >= 11 is 11.9. The van der Waals surface area contributed by atoms with Gasteiger partial charge in [-0.15, -0.1) is 0 Å². The van der Waals surface area contributed by atoms with Crippen LogP contribution >= 0.6 is 23.2 Å². The first-order valence-electron chi connectivity index (χ1n) is 10.9. The quantitative estimate of drug-likeness (QED) is 0.277. The van der Waals surface area contributed by atoms with E-state index in [9.17, 15) is 18.6 Å². The van der Waals surface area contributed by atoms with Crippen molar-refractivity contribution in [3.05, 3.63) is 112 Å². The smallest absolute Gasteiger partial charge is 0.262 e. The number of hydrogen-bond donors (Lipinski definition) is 3. The highest BCUT2D eigenvalue weighted by molar-refractivity contribution is 7.99. The molecule has 3 N–H and O–H groups in total. The highest BCUT2D eigenvalue weighted by atomic mass is 35.5. The fourth-order valence-electron chi connectivity index (χ4n) is 3.24. The highest BCUT2D eigenvalue weighted by Gasteiger charge is 2.18. The maximum absolute atomic E-state index is 13.0. The van der Waals surface area contributed by atoms with Crippen molar-refractivity contribution in [1.82, 2.24) is 14.7 Å². The molecule has 2 aromatic carbocycles. The molecule has 1 unspecified atom stereocenters.